The molecule has 2 N–H and O–H groups in total. The van der Waals surface area contributed by atoms with E-state index in [1.807, 2.05) is 0 Å². The molecule has 0 rings (SSSR count). The van der Waals surface area contributed by atoms with E-state index in [9.17, 15) is 0 Å². The van der Waals surface area contributed by atoms with Gasteiger partial charge in [-0.05, 0) is 0 Å². The number of rotatable bonds is 0. The molecule has 5 heteroatoms. The van der Waals surface area contributed by atoms with Crippen molar-refractivity contribution < 1.29 is 43.2 Å². The summed E-state index contributed by atoms with van der Waals surface area (Å²) in [4.78, 5) is 0. The van der Waals surface area contributed by atoms with Gasteiger partial charge in [-0.2, -0.15) is 0 Å². The summed E-state index contributed by atoms with van der Waals surface area (Å²) in [6, 6.07) is 0. The Bertz CT molecular complexity index is 3.61. The summed E-state index contributed by atoms with van der Waals surface area (Å²) in [6.45, 7) is 0. The molecule has 0 aliphatic carbocycles. The molecule has 0 saturated carbocycles. The van der Waals surface area contributed by atoms with Crippen LogP contribution in [0.25, 0.3) is 0 Å². The zero-order valence-electron chi connectivity index (χ0n) is 2.21. The average Bonchev–Trinajstić information content (AvgIpc) is 1.00. The van der Waals surface area contributed by atoms with Crippen LogP contribution < -0.4 is 0 Å². The summed E-state index contributed by atoms with van der Waals surface area (Å²) < 4.78 is 0. The van der Waals surface area contributed by atoms with Gasteiger partial charge >= 0.3 is 21.7 Å². The smallest absolute Gasteiger partial charge is 2.00 e. The van der Waals surface area contributed by atoms with Crippen LogP contribution >= 0.6 is 0 Å². The molecule has 30 valence electrons. The van der Waals surface area contributed by atoms with Crippen LogP contribution in [0.15, 0.2) is 0 Å². The van der Waals surface area contributed by atoms with E-state index < -0.39 is 0 Å². The Morgan fingerprint density at radius 3 is 0.800 bits per heavy atom. The van der Waals surface area contributed by atoms with Gasteiger partial charge in [0.05, 0.1) is 0 Å². The monoisotopic (exact) mass is 114 g/mol. The summed E-state index contributed by atoms with van der Waals surface area (Å²) in [5.41, 5.74) is 0. The van der Waals surface area contributed by atoms with Gasteiger partial charge in [0.25, 0.3) is 0 Å². The second-order valence-corrected chi connectivity index (χ2v) is 0. The molecule has 0 aromatic carbocycles. The van der Waals surface area contributed by atoms with Crippen molar-refractivity contribution in [2.45, 2.75) is 0 Å². The van der Waals surface area contributed by atoms with Crippen molar-refractivity contribution in [2.75, 3.05) is 0 Å². The molecule has 0 bridgehead atoms. The Hall–Kier alpha value is 0.554. The van der Waals surface area contributed by atoms with Crippen LogP contribution in [0.3, 0.4) is 0 Å². The molecule has 0 saturated heterocycles. The molecule has 0 atom stereocenters. The van der Waals surface area contributed by atoms with E-state index in [2.05, 4.69) is 0 Å². The van der Waals surface area contributed by atoms with Crippen molar-refractivity contribution in [3.8, 4) is 0 Å². The maximum atomic E-state index is 6.00. The minimum Gasteiger partial charge on any atom is -2.00 e. The maximum absolute atomic E-state index is 6.00. The van der Waals surface area contributed by atoms with Crippen LogP contribution in [-0.2, 0) is 32.7 Å². The minimum absolute atomic E-state index is 0. The van der Waals surface area contributed by atoms with Crippen molar-refractivity contribution in [2.24, 2.45) is 0 Å². The Kier molecular flexibility index (Phi) is 1790. The molecule has 4 nitrogen and oxygen atoms in total. The molecule has 0 spiro atoms. The van der Waals surface area contributed by atoms with Gasteiger partial charge in [0.2, 0.25) is 0 Å². The minimum atomic E-state index is 0. The van der Waals surface area contributed by atoms with Gasteiger partial charge in [-0.1, -0.05) is 0 Å². The zero-order valence-corrected chi connectivity index (χ0v) is 3.77. The molecule has 0 heterocycles. The predicted octanol–water partition coefficient (Wildman–Crippen LogP) is -0.223. The van der Waals surface area contributed by atoms with Crippen LogP contribution in [0.2, 0.25) is 0 Å². The molecule has 0 unspecified atom stereocenters. The Balaban J connectivity index is -0.00000000167. The van der Waals surface area contributed by atoms with E-state index in [1.54, 1.807) is 0 Å². The van der Waals surface area contributed by atoms with Gasteiger partial charge in [-0.15, -0.1) is 0 Å². The van der Waals surface area contributed by atoms with Crippen molar-refractivity contribution in [3.05, 3.63) is 0 Å². The Morgan fingerprint density at radius 1 is 0.800 bits per heavy atom. The second-order valence-electron chi connectivity index (χ2n) is 0. The molecular formula is H2O4Ti. The van der Waals surface area contributed by atoms with Crippen LogP contribution in [0, 0.1) is 0 Å². The van der Waals surface area contributed by atoms with Gasteiger partial charge < -0.3 is 11.0 Å². The molecular weight excluding hydrogens is 112 g/mol. The van der Waals surface area contributed by atoms with Gasteiger partial charge in [-0.25, -0.2) is 0 Å². The summed E-state index contributed by atoms with van der Waals surface area (Å²) in [6.07, 6.45) is 0. The van der Waals surface area contributed by atoms with Crippen molar-refractivity contribution >= 4 is 0 Å². The maximum Gasteiger partial charge on any atom is 4.00 e. The summed E-state index contributed by atoms with van der Waals surface area (Å²) >= 11 is 0. The molecule has 0 radical (unpaired) electrons. The first-order valence-electron chi connectivity index (χ1n) is 0.200. The van der Waals surface area contributed by atoms with E-state index in [-0.39, 0.29) is 32.7 Å². The number of hydrogen-bond donors (Lipinski definition) is 2. The van der Waals surface area contributed by atoms with Gasteiger partial charge in [0.1, 0.15) is 0 Å². The first-order chi connectivity index (χ1) is 1.00. The van der Waals surface area contributed by atoms with Crippen LogP contribution in [0.1, 0.15) is 0 Å². The predicted molar refractivity (Wildman–Crippen MR) is 6.63 cm³/mol. The van der Waals surface area contributed by atoms with E-state index in [4.69, 9.17) is 10.5 Å². The Morgan fingerprint density at radius 2 is 0.800 bits per heavy atom. The van der Waals surface area contributed by atoms with Gasteiger partial charge in [0.15, 0.2) is 0 Å². The van der Waals surface area contributed by atoms with Crippen LogP contribution in [0.4, 0.5) is 0 Å². The quantitative estimate of drug-likeness (QED) is 0.258. The zero-order chi connectivity index (χ0) is 2.00. The molecule has 0 fully saturated rings. The fourth-order valence-corrected chi connectivity index (χ4v) is 0. The standard InChI is InChI=1S/H2O2.2O.Ti/c1-2;;;/h1-2H;;;/q;2*-2;+4. The second kappa shape index (κ2) is 187. The van der Waals surface area contributed by atoms with Crippen LogP contribution in [0.5, 0.6) is 0 Å². The van der Waals surface area contributed by atoms with Crippen molar-refractivity contribution in [1.82, 2.24) is 0 Å². The van der Waals surface area contributed by atoms with E-state index in [0.29, 0.717) is 0 Å². The molecule has 0 aromatic rings. The van der Waals surface area contributed by atoms with E-state index in [0.717, 1.165) is 0 Å². The molecule has 0 amide bonds. The van der Waals surface area contributed by atoms with Crippen molar-refractivity contribution in [3.63, 3.8) is 0 Å². The summed E-state index contributed by atoms with van der Waals surface area (Å²) in [5.74, 6) is 0. The summed E-state index contributed by atoms with van der Waals surface area (Å²) in [5, 5.41) is 12.0. The molecule has 0 aromatic heterocycles. The first-order valence-corrected chi connectivity index (χ1v) is 0.200. The van der Waals surface area contributed by atoms with Crippen molar-refractivity contribution in [1.29, 1.82) is 0 Å². The SMILES string of the molecule is OO.[O-2].[O-2].[Ti+4]. The van der Waals surface area contributed by atoms with E-state index in [1.165, 1.54) is 0 Å². The fourth-order valence-electron chi connectivity index (χ4n) is 0. The van der Waals surface area contributed by atoms with Crippen LogP contribution in [-0.4, -0.2) is 10.5 Å². The third-order valence-corrected chi connectivity index (χ3v) is 0. The van der Waals surface area contributed by atoms with E-state index >= 15 is 0 Å². The van der Waals surface area contributed by atoms with Gasteiger partial charge in [-0.3, -0.25) is 10.5 Å². The number of hydrogen-bond acceptors (Lipinski definition) is 2. The average molecular weight is 114 g/mol. The normalized spacial score (nSPS) is 1.20. The first kappa shape index (κ1) is 47.7. The van der Waals surface area contributed by atoms with Gasteiger partial charge in [0, 0.05) is 0 Å². The third kappa shape index (κ3) is 96.7. The molecule has 0 aliphatic rings. The largest absolute Gasteiger partial charge is 4.00 e. The third-order valence-electron chi connectivity index (χ3n) is 0. The molecule has 5 heavy (non-hydrogen) atoms. The topological polar surface area (TPSA) is 97.5 Å². The molecule has 0 aliphatic heterocycles. The fraction of sp³-hybridized carbons (Fsp3) is 0. The Labute approximate surface area is 43.9 Å². The summed E-state index contributed by atoms with van der Waals surface area (Å²) in [7, 11) is 0.